The second-order valence-electron chi connectivity index (χ2n) is 6.19. The van der Waals surface area contributed by atoms with Crippen molar-refractivity contribution in [2.24, 2.45) is 0 Å². The minimum Gasteiger partial charge on any atom is -0.493 e. The molecule has 0 atom stereocenters. The molecule has 3 heterocycles. The number of ether oxygens (including phenoxy) is 3. The zero-order valence-electron chi connectivity index (χ0n) is 16.5. The third-order valence-electron chi connectivity index (χ3n) is 4.17. The quantitative estimate of drug-likeness (QED) is 0.397. The lowest BCUT2D eigenvalue weighted by molar-refractivity contribution is -0.116. The molecule has 12 heteroatoms. The zero-order valence-corrected chi connectivity index (χ0v) is 18.1. The summed E-state index contributed by atoms with van der Waals surface area (Å²) in [5.74, 6) is 1.91. The molecule has 4 aromatic rings. The first-order chi connectivity index (χ1) is 15.1. The van der Waals surface area contributed by atoms with E-state index in [-0.39, 0.29) is 12.5 Å². The number of carbonyl (C=O) groups is 1. The van der Waals surface area contributed by atoms with Gasteiger partial charge in [-0.2, -0.15) is 5.10 Å². The molecule has 1 amide bonds. The average Bonchev–Trinajstić information content (AvgIpc) is 3.42. The highest BCUT2D eigenvalue weighted by molar-refractivity contribution is 7.15. The van der Waals surface area contributed by atoms with Crippen LogP contribution in [0.5, 0.6) is 23.1 Å². The number of methoxy groups -OCH3 is 2. The van der Waals surface area contributed by atoms with Crippen LogP contribution in [0.3, 0.4) is 0 Å². The largest absolute Gasteiger partial charge is 0.493 e. The Labute approximate surface area is 185 Å². The van der Waals surface area contributed by atoms with Crippen LogP contribution in [-0.2, 0) is 17.2 Å². The van der Waals surface area contributed by atoms with Gasteiger partial charge in [0.05, 0.1) is 43.4 Å². The summed E-state index contributed by atoms with van der Waals surface area (Å²) in [6, 6.07) is 3.48. The fourth-order valence-electron chi connectivity index (χ4n) is 2.77. The first kappa shape index (κ1) is 20.8. The number of nitrogens with one attached hydrogen (secondary N) is 1. The molecule has 1 aromatic carbocycles. The summed E-state index contributed by atoms with van der Waals surface area (Å²) in [5.41, 5.74) is 0.634. The Kier molecular flexibility index (Phi) is 6.14. The fourth-order valence-corrected chi connectivity index (χ4v) is 3.68. The van der Waals surface area contributed by atoms with Crippen molar-refractivity contribution in [3.05, 3.63) is 41.9 Å². The van der Waals surface area contributed by atoms with E-state index in [4.69, 9.17) is 25.8 Å². The number of alkyl halides is 1. The number of carbonyl (C=O) groups excluding carboxylic acids is 1. The minimum atomic E-state index is -0.269. The fraction of sp³-hybridized carbons (Fsp3) is 0.211. The van der Waals surface area contributed by atoms with Crippen molar-refractivity contribution < 1.29 is 19.0 Å². The highest BCUT2D eigenvalue weighted by atomic mass is 35.5. The van der Waals surface area contributed by atoms with E-state index in [9.17, 15) is 4.79 Å². The lowest BCUT2D eigenvalue weighted by Crippen LogP contribution is -2.18. The number of amides is 1. The lowest BCUT2D eigenvalue weighted by atomic mass is 10.2. The number of nitrogens with zero attached hydrogens (tertiary/aromatic N) is 5. The molecule has 0 aliphatic rings. The molecular formula is C19H17ClN6O4S. The monoisotopic (exact) mass is 460 g/mol. The van der Waals surface area contributed by atoms with Crippen LogP contribution in [0, 0.1) is 0 Å². The highest BCUT2D eigenvalue weighted by Crippen LogP contribution is 2.35. The van der Waals surface area contributed by atoms with Crippen LogP contribution in [-0.4, -0.2) is 44.9 Å². The van der Waals surface area contributed by atoms with E-state index < -0.39 is 0 Å². The maximum Gasteiger partial charge on any atom is 0.247 e. The van der Waals surface area contributed by atoms with Crippen molar-refractivity contribution in [3.63, 3.8) is 0 Å². The molecule has 0 spiro atoms. The van der Waals surface area contributed by atoms with E-state index in [1.54, 1.807) is 38.7 Å². The predicted octanol–water partition coefficient (Wildman–Crippen LogP) is 3.47. The molecule has 0 aliphatic carbocycles. The van der Waals surface area contributed by atoms with Crippen LogP contribution in [0.15, 0.2) is 37.1 Å². The Morgan fingerprint density at radius 2 is 1.97 bits per heavy atom. The molecule has 0 fully saturated rings. The number of halogens is 1. The summed E-state index contributed by atoms with van der Waals surface area (Å²) in [7, 11) is 3.10. The number of thiazole rings is 1. The maximum absolute atomic E-state index is 12.2. The van der Waals surface area contributed by atoms with Gasteiger partial charge in [-0.1, -0.05) is 0 Å². The number of fused-ring (bicyclic) bond motifs is 1. The Morgan fingerprint density at radius 3 is 2.71 bits per heavy atom. The van der Waals surface area contributed by atoms with Gasteiger partial charge < -0.3 is 19.5 Å². The molecule has 0 aliphatic heterocycles. The predicted molar refractivity (Wildman–Crippen MR) is 115 cm³/mol. The molecule has 0 unspecified atom stereocenters. The van der Waals surface area contributed by atoms with E-state index in [2.05, 4.69) is 25.4 Å². The molecule has 10 nitrogen and oxygen atoms in total. The molecule has 1 N–H and O–H groups in total. The van der Waals surface area contributed by atoms with E-state index >= 15 is 0 Å². The first-order valence-electron chi connectivity index (χ1n) is 8.97. The molecular weight excluding hydrogens is 444 g/mol. The van der Waals surface area contributed by atoms with Crippen molar-refractivity contribution in [1.29, 1.82) is 0 Å². The number of rotatable bonds is 8. The summed E-state index contributed by atoms with van der Waals surface area (Å²) in [6.45, 7) is -0.00527. The lowest BCUT2D eigenvalue weighted by Gasteiger charge is -2.10. The van der Waals surface area contributed by atoms with Gasteiger partial charge in [-0.25, -0.2) is 15.0 Å². The summed E-state index contributed by atoms with van der Waals surface area (Å²) >= 11 is 7.07. The smallest absolute Gasteiger partial charge is 0.247 e. The van der Waals surface area contributed by atoms with Crippen molar-refractivity contribution in [1.82, 2.24) is 24.7 Å². The van der Waals surface area contributed by atoms with Crippen molar-refractivity contribution in [2.75, 3.05) is 19.5 Å². The van der Waals surface area contributed by atoms with Gasteiger partial charge in [0, 0.05) is 17.1 Å². The Bertz CT molecular complexity index is 1230. The van der Waals surface area contributed by atoms with E-state index in [0.29, 0.717) is 45.0 Å². The summed E-state index contributed by atoms with van der Waals surface area (Å²) < 4.78 is 18.0. The van der Waals surface area contributed by atoms with Crippen LogP contribution in [0.2, 0.25) is 0 Å². The Balaban J connectivity index is 1.48. The van der Waals surface area contributed by atoms with Gasteiger partial charge in [0.15, 0.2) is 22.4 Å². The van der Waals surface area contributed by atoms with Gasteiger partial charge >= 0.3 is 0 Å². The molecule has 4 rings (SSSR count). The van der Waals surface area contributed by atoms with Crippen LogP contribution in [0.25, 0.3) is 10.9 Å². The third-order valence-corrected chi connectivity index (χ3v) is 5.52. The van der Waals surface area contributed by atoms with Crippen molar-refractivity contribution >= 4 is 44.9 Å². The summed E-state index contributed by atoms with van der Waals surface area (Å²) in [4.78, 5) is 25.7. The molecule has 3 aromatic heterocycles. The Morgan fingerprint density at radius 1 is 1.16 bits per heavy atom. The highest BCUT2D eigenvalue weighted by Gasteiger charge is 2.14. The number of hydrogen-bond donors (Lipinski definition) is 1. The average molecular weight is 461 g/mol. The summed E-state index contributed by atoms with van der Waals surface area (Å²) in [6.07, 6.45) is 6.12. The van der Waals surface area contributed by atoms with Crippen LogP contribution >= 0.6 is 22.9 Å². The normalized spacial score (nSPS) is 10.8. The van der Waals surface area contributed by atoms with Crippen molar-refractivity contribution in [2.45, 2.75) is 12.4 Å². The van der Waals surface area contributed by atoms with Gasteiger partial charge in [0.25, 0.3) is 0 Å². The molecule has 160 valence electrons. The van der Waals surface area contributed by atoms with Crippen molar-refractivity contribution in [3.8, 4) is 23.1 Å². The van der Waals surface area contributed by atoms with E-state index in [1.165, 1.54) is 28.5 Å². The van der Waals surface area contributed by atoms with Gasteiger partial charge in [-0.15, -0.1) is 22.9 Å². The van der Waals surface area contributed by atoms with E-state index in [0.717, 1.165) is 4.88 Å². The molecule has 0 bridgehead atoms. The second kappa shape index (κ2) is 9.14. The molecule has 0 radical (unpaired) electrons. The standard InChI is InChI=1S/C19H17ClN6O4S/c1-28-15-3-13-14(4-16(15)29-2)22-10-23-18(13)30-11-6-24-26(8-11)9-17(27)25-19-21-7-12(5-20)31-19/h3-4,6-8,10H,5,9H2,1-2H3,(H,21,25,27). The minimum absolute atomic E-state index is 0.00527. The molecule has 0 saturated carbocycles. The summed E-state index contributed by atoms with van der Waals surface area (Å²) in [5, 5.41) is 8.00. The maximum atomic E-state index is 12.2. The number of anilines is 1. The van der Waals surface area contributed by atoms with E-state index in [1.807, 2.05) is 0 Å². The Hall–Kier alpha value is -3.44. The van der Waals surface area contributed by atoms with Crippen LogP contribution in [0.1, 0.15) is 4.88 Å². The van der Waals surface area contributed by atoms with Crippen LogP contribution in [0.4, 0.5) is 5.13 Å². The third kappa shape index (κ3) is 4.67. The topological polar surface area (TPSA) is 113 Å². The second-order valence-corrected chi connectivity index (χ2v) is 7.57. The zero-order chi connectivity index (χ0) is 21.8. The molecule has 0 saturated heterocycles. The van der Waals surface area contributed by atoms with Gasteiger partial charge in [-0.05, 0) is 6.07 Å². The van der Waals surface area contributed by atoms with Gasteiger partial charge in [0.2, 0.25) is 11.8 Å². The van der Waals surface area contributed by atoms with Crippen LogP contribution < -0.4 is 19.5 Å². The molecule has 31 heavy (non-hydrogen) atoms. The number of hydrogen-bond acceptors (Lipinski definition) is 9. The number of aromatic nitrogens is 5. The van der Waals surface area contributed by atoms with Gasteiger partial charge in [0.1, 0.15) is 12.9 Å². The van der Waals surface area contributed by atoms with Gasteiger partial charge in [-0.3, -0.25) is 9.48 Å². The first-order valence-corrected chi connectivity index (χ1v) is 10.3. The number of benzene rings is 1. The SMILES string of the molecule is COc1cc2ncnc(Oc3cnn(CC(=O)Nc4ncc(CCl)s4)c3)c2cc1OC.